The molecule has 4 rings (SSSR count). The smallest absolute Gasteiger partial charge is 0.161 e. The second kappa shape index (κ2) is 5.90. The van der Waals surface area contributed by atoms with Crippen LogP contribution in [0.25, 0.3) is 0 Å². The summed E-state index contributed by atoms with van der Waals surface area (Å²) in [6.07, 6.45) is 6.93. The first kappa shape index (κ1) is 15.1. The van der Waals surface area contributed by atoms with Gasteiger partial charge in [0.25, 0.3) is 0 Å². The molecule has 0 fully saturated rings. The van der Waals surface area contributed by atoms with Crippen molar-refractivity contribution in [2.24, 2.45) is 0 Å². The molecule has 23 heavy (non-hydrogen) atoms. The molecule has 1 N–H and O–H groups in total. The molecule has 0 saturated carbocycles. The Hall–Kier alpha value is -1.42. The van der Waals surface area contributed by atoms with Crippen LogP contribution in [0.4, 0.5) is 4.39 Å². The Balaban J connectivity index is 1.87. The number of allylic oxidation sites excluding steroid dienone is 4. The van der Waals surface area contributed by atoms with E-state index in [0.29, 0.717) is 10.9 Å². The molecule has 1 aliphatic heterocycles. The van der Waals surface area contributed by atoms with Crippen LogP contribution in [-0.4, -0.2) is 5.78 Å². The van der Waals surface area contributed by atoms with Crippen molar-refractivity contribution in [3.63, 3.8) is 0 Å². The van der Waals surface area contributed by atoms with Gasteiger partial charge in [0, 0.05) is 29.3 Å². The van der Waals surface area contributed by atoms with Crippen LogP contribution in [0.3, 0.4) is 0 Å². The van der Waals surface area contributed by atoms with Crippen LogP contribution in [0.15, 0.2) is 45.2 Å². The van der Waals surface area contributed by atoms with Gasteiger partial charge in [-0.3, -0.25) is 4.79 Å². The number of dihydropyridines is 1. The molecule has 1 heterocycles. The van der Waals surface area contributed by atoms with E-state index in [1.54, 1.807) is 0 Å². The SMILES string of the molecule is O=C1CCCC2=C1C(c1ccc(F)c(Br)c1)C1=C(CCCC1)N2. The summed E-state index contributed by atoms with van der Waals surface area (Å²) in [5.74, 6) is -0.00252. The Labute approximate surface area is 144 Å². The molecule has 1 aromatic carbocycles. The number of Topliss-reactive ketones (excluding diaryl/α,β-unsaturated/α-hetero) is 1. The van der Waals surface area contributed by atoms with E-state index >= 15 is 0 Å². The van der Waals surface area contributed by atoms with Crippen molar-refractivity contribution in [3.05, 3.63) is 56.6 Å². The average molecular weight is 376 g/mol. The van der Waals surface area contributed by atoms with Crippen LogP contribution in [0.2, 0.25) is 0 Å². The van der Waals surface area contributed by atoms with E-state index in [1.165, 1.54) is 23.8 Å². The van der Waals surface area contributed by atoms with E-state index in [4.69, 9.17) is 0 Å². The number of ketones is 1. The lowest BCUT2D eigenvalue weighted by Gasteiger charge is -2.38. The molecule has 2 aliphatic carbocycles. The van der Waals surface area contributed by atoms with Gasteiger partial charge in [-0.25, -0.2) is 4.39 Å². The quantitative estimate of drug-likeness (QED) is 0.738. The Morgan fingerprint density at radius 3 is 2.65 bits per heavy atom. The standard InChI is InChI=1S/C19H19BrFNO/c20-13-10-11(8-9-14(13)21)18-12-4-1-2-5-15(12)22-16-6-3-7-17(23)19(16)18/h8-10,18,22H,1-7H2. The van der Waals surface area contributed by atoms with Crippen molar-refractivity contribution in [3.8, 4) is 0 Å². The highest BCUT2D eigenvalue weighted by Crippen LogP contribution is 2.46. The molecule has 0 spiro atoms. The fraction of sp³-hybridized carbons (Fsp3) is 0.421. The van der Waals surface area contributed by atoms with Crippen LogP contribution < -0.4 is 5.32 Å². The zero-order valence-electron chi connectivity index (χ0n) is 12.9. The van der Waals surface area contributed by atoms with Crippen molar-refractivity contribution in [1.82, 2.24) is 5.32 Å². The van der Waals surface area contributed by atoms with Gasteiger partial charge in [-0.15, -0.1) is 0 Å². The van der Waals surface area contributed by atoms with Gasteiger partial charge in [0.05, 0.1) is 4.47 Å². The maximum Gasteiger partial charge on any atom is 0.161 e. The summed E-state index contributed by atoms with van der Waals surface area (Å²) in [5, 5.41) is 3.57. The third-order valence-corrected chi connectivity index (χ3v) is 5.79. The minimum Gasteiger partial charge on any atom is -0.362 e. The number of hydrogen-bond donors (Lipinski definition) is 1. The number of carbonyl (C=O) groups excluding carboxylic acids is 1. The molecule has 120 valence electrons. The number of nitrogens with one attached hydrogen (secondary N) is 1. The first-order chi connectivity index (χ1) is 11.1. The Morgan fingerprint density at radius 1 is 1.04 bits per heavy atom. The molecule has 0 saturated heterocycles. The number of hydrogen-bond acceptors (Lipinski definition) is 2. The van der Waals surface area contributed by atoms with Crippen LogP contribution in [0.1, 0.15) is 56.4 Å². The minimum atomic E-state index is -0.260. The lowest BCUT2D eigenvalue weighted by Crippen LogP contribution is -2.33. The van der Waals surface area contributed by atoms with E-state index in [1.807, 2.05) is 12.1 Å². The van der Waals surface area contributed by atoms with Crippen LogP contribution in [0.5, 0.6) is 0 Å². The largest absolute Gasteiger partial charge is 0.362 e. The number of benzene rings is 1. The fourth-order valence-corrected chi connectivity index (χ4v) is 4.53. The van der Waals surface area contributed by atoms with Crippen LogP contribution >= 0.6 is 15.9 Å². The van der Waals surface area contributed by atoms with Gasteiger partial charge in [-0.1, -0.05) is 6.07 Å². The molecule has 0 bridgehead atoms. The molecular formula is C19H19BrFNO. The Kier molecular flexibility index (Phi) is 3.88. The molecule has 0 amide bonds. The molecule has 0 aromatic heterocycles. The molecular weight excluding hydrogens is 357 g/mol. The van der Waals surface area contributed by atoms with Crippen LogP contribution in [-0.2, 0) is 4.79 Å². The second-order valence-electron chi connectivity index (χ2n) is 6.61. The van der Waals surface area contributed by atoms with E-state index in [-0.39, 0.29) is 17.5 Å². The predicted octanol–water partition coefficient (Wildman–Crippen LogP) is 5.11. The van der Waals surface area contributed by atoms with Gasteiger partial charge < -0.3 is 5.32 Å². The van der Waals surface area contributed by atoms with Gasteiger partial charge in [0.2, 0.25) is 0 Å². The summed E-state index contributed by atoms with van der Waals surface area (Å²) >= 11 is 3.30. The highest BCUT2D eigenvalue weighted by molar-refractivity contribution is 9.10. The maximum absolute atomic E-state index is 13.7. The lowest BCUT2D eigenvalue weighted by atomic mass is 9.72. The number of halogens is 2. The van der Waals surface area contributed by atoms with Crippen molar-refractivity contribution in [1.29, 1.82) is 0 Å². The molecule has 1 aromatic rings. The molecule has 1 atom stereocenters. The third kappa shape index (κ3) is 2.57. The van der Waals surface area contributed by atoms with Crippen LogP contribution in [0, 0.1) is 5.82 Å². The van der Waals surface area contributed by atoms with Crippen molar-refractivity contribution < 1.29 is 9.18 Å². The average Bonchev–Trinajstić information content (AvgIpc) is 2.56. The molecule has 1 unspecified atom stereocenters. The topological polar surface area (TPSA) is 29.1 Å². The summed E-state index contributed by atoms with van der Waals surface area (Å²) in [5.41, 5.74) is 5.69. The van der Waals surface area contributed by atoms with E-state index in [2.05, 4.69) is 21.2 Å². The van der Waals surface area contributed by atoms with E-state index < -0.39 is 0 Å². The Bertz CT molecular complexity index is 750. The zero-order valence-corrected chi connectivity index (χ0v) is 14.5. The summed E-state index contributed by atoms with van der Waals surface area (Å²) in [4.78, 5) is 12.6. The Morgan fingerprint density at radius 2 is 1.83 bits per heavy atom. The van der Waals surface area contributed by atoms with E-state index in [0.717, 1.165) is 48.9 Å². The molecule has 4 heteroatoms. The zero-order chi connectivity index (χ0) is 16.0. The summed E-state index contributed by atoms with van der Waals surface area (Å²) < 4.78 is 14.1. The maximum atomic E-state index is 13.7. The van der Waals surface area contributed by atoms with Crippen molar-refractivity contribution in [2.75, 3.05) is 0 Å². The molecule has 0 radical (unpaired) electrons. The molecule has 2 nitrogen and oxygen atoms in total. The third-order valence-electron chi connectivity index (χ3n) is 5.18. The number of rotatable bonds is 1. The minimum absolute atomic E-state index is 0.00579. The highest BCUT2D eigenvalue weighted by atomic mass is 79.9. The van der Waals surface area contributed by atoms with E-state index in [9.17, 15) is 9.18 Å². The number of carbonyl (C=O) groups is 1. The lowest BCUT2D eigenvalue weighted by molar-refractivity contribution is -0.116. The molecule has 3 aliphatic rings. The summed E-state index contributed by atoms with van der Waals surface area (Å²) in [6, 6.07) is 5.18. The van der Waals surface area contributed by atoms with Crippen molar-refractivity contribution >= 4 is 21.7 Å². The fourth-order valence-electron chi connectivity index (χ4n) is 4.13. The first-order valence-electron chi connectivity index (χ1n) is 8.35. The van der Waals surface area contributed by atoms with Gasteiger partial charge in [-0.05, 0) is 77.7 Å². The first-order valence-corrected chi connectivity index (χ1v) is 9.14. The normalized spacial score (nSPS) is 24.3. The summed E-state index contributed by atoms with van der Waals surface area (Å²) in [7, 11) is 0. The van der Waals surface area contributed by atoms with Gasteiger partial charge in [0.1, 0.15) is 5.82 Å². The van der Waals surface area contributed by atoms with Gasteiger partial charge in [0.15, 0.2) is 5.78 Å². The van der Waals surface area contributed by atoms with Gasteiger partial charge >= 0.3 is 0 Å². The highest BCUT2D eigenvalue weighted by Gasteiger charge is 2.37. The van der Waals surface area contributed by atoms with Gasteiger partial charge in [-0.2, -0.15) is 0 Å². The summed E-state index contributed by atoms with van der Waals surface area (Å²) in [6.45, 7) is 0. The second-order valence-corrected chi connectivity index (χ2v) is 7.47. The monoisotopic (exact) mass is 375 g/mol. The predicted molar refractivity (Wildman–Crippen MR) is 91.4 cm³/mol. The van der Waals surface area contributed by atoms with Crippen molar-refractivity contribution in [2.45, 2.75) is 50.9 Å².